The molecular formula is C10H15N3O3. The van der Waals surface area contributed by atoms with E-state index in [2.05, 4.69) is 9.97 Å². The SMILES string of the molecule is CCOC(=O)c1cc(OC)nc(CCN)n1. The second kappa shape index (κ2) is 6.02. The van der Waals surface area contributed by atoms with Crippen LogP contribution in [0.5, 0.6) is 5.88 Å². The molecule has 0 amide bonds. The number of hydrogen-bond acceptors (Lipinski definition) is 6. The van der Waals surface area contributed by atoms with Crippen LogP contribution in [0.15, 0.2) is 6.07 Å². The van der Waals surface area contributed by atoms with Crippen molar-refractivity contribution >= 4 is 5.97 Å². The van der Waals surface area contributed by atoms with Crippen molar-refractivity contribution in [2.45, 2.75) is 13.3 Å². The molecule has 0 bridgehead atoms. The molecule has 0 fully saturated rings. The molecule has 0 aliphatic rings. The van der Waals surface area contributed by atoms with E-state index < -0.39 is 5.97 Å². The van der Waals surface area contributed by atoms with Gasteiger partial charge in [-0.3, -0.25) is 0 Å². The van der Waals surface area contributed by atoms with Crippen molar-refractivity contribution in [3.8, 4) is 5.88 Å². The van der Waals surface area contributed by atoms with Crippen molar-refractivity contribution < 1.29 is 14.3 Å². The minimum Gasteiger partial charge on any atom is -0.481 e. The van der Waals surface area contributed by atoms with Gasteiger partial charge < -0.3 is 15.2 Å². The van der Waals surface area contributed by atoms with E-state index in [0.29, 0.717) is 31.3 Å². The van der Waals surface area contributed by atoms with Gasteiger partial charge in [0.25, 0.3) is 0 Å². The first-order chi connectivity index (χ1) is 7.71. The van der Waals surface area contributed by atoms with Gasteiger partial charge in [-0.25, -0.2) is 9.78 Å². The van der Waals surface area contributed by atoms with Gasteiger partial charge in [0, 0.05) is 12.5 Å². The molecule has 0 radical (unpaired) electrons. The molecule has 2 N–H and O–H groups in total. The van der Waals surface area contributed by atoms with Gasteiger partial charge in [0.05, 0.1) is 13.7 Å². The molecule has 0 saturated heterocycles. The minimum atomic E-state index is -0.485. The number of rotatable bonds is 5. The van der Waals surface area contributed by atoms with Crippen LogP contribution in [-0.4, -0.2) is 36.2 Å². The van der Waals surface area contributed by atoms with Gasteiger partial charge >= 0.3 is 5.97 Å². The van der Waals surface area contributed by atoms with E-state index >= 15 is 0 Å². The summed E-state index contributed by atoms with van der Waals surface area (Å²) in [6, 6.07) is 1.44. The Labute approximate surface area is 93.8 Å². The third-order valence-electron chi connectivity index (χ3n) is 1.81. The Morgan fingerprint density at radius 1 is 1.50 bits per heavy atom. The second-order valence-electron chi connectivity index (χ2n) is 2.97. The second-order valence-corrected chi connectivity index (χ2v) is 2.97. The van der Waals surface area contributed by atoms with Crippen LogP contribution in [0.1, 0.15) is 23.2 Å². The van der Waals surface area contributed by atoms with Gasteiger partial charge in [0.2, 0.25) is 5.88 Å². The Morgan fingerprint density at radius 3 is 2.81 bits per heavy atom. The van der Waals surface area contributed by atoms with E-state index in [0.717, 1.165) is 0 Å². The molecule has 1 aromatic heterocycles. The van der Waals surface area contributed by atoms with Crippen molar-refractivity contribution in [2.24, 2.45) is 5.73 Å². The number of nitrogens with two attached hydrogens (primary N) is 1. The summed E-state index contributed by atoms with van der Waals surface area (Å²) in [5, 5.41) is 0. The van der Waals surface area contributed by atoms with Crippen LogP contribution in [-0.2, 0) is 11.2 Å². The zero-order chi connectivity index (χ0) is 12.0. The van der Waals surface area contributed by atoms with Crippen molar-refractivity contribution in [3.63, 3.8) is 0 Å². The summed E-state index contributed by atoms with van der Waals surface area (Å²) in [5.74, 6) is 0.327. The largest absolute Gasteiger partial charge is 0.481 e. The van der Waals surface area contributed by atoms with Gasteiger partial charge in [0.1, 0.15) is 5.82 Å². The van der Waals surface area contributed by atoms with E-state index in [1.165, 1.54) is 13.2 Å². The molecular weight excluding hydrogens is 210 g/mol. The van der Waals surface area contributed by atoms with Gasteiger partial charge in [-0.15, -0.1) is 0 Å². The van der Waals surface area contributed by atoms with Gasteiger partial charge in [0.15, 0.2) is 5.69 Å². The number of hydrogen-bond donors (Lipinski definition) is 1. The highest BCUT2D eigenvalue weighted by Gasteiger charge is 2.12. The summed E-state index contributed by atoms with van der Waals surface area (Å²) < 4.78 is 9.81. The number of carbonyl (C=O) groups excluding carboxylic acids is 1. The number of aromatic nitrogens is 2. The maximum atomic E-state index is 11.5. The molecule has 0 unspecified atom stereocenters. The Hall–Kier alpha value is -1.69. The number of methoxy groups -OCH3 is 1. The van der Waals surface area contributed by atoms with Crippen molar-refractivity contribution in [2.75, 3.05) is 20.3 Å². The zero-order valence-electron chi connectivity index (χ0n) is 9.40. The van der Waals surface area contributed by atoms with Crippen LogP contribution < -0.4 is 10.5 Å². The van der Waals surface area contributed by atoms with Gasteiger partial charge in [-0.1, -0.05) is 0 Å². The fraction of sp³-hybridized carbons (Fsp3) is 0.500. The lowest BCUT2D eigenvalue weighted by atomic mass is 10.3. The zero-order valence-corrected chi connectivity index (χ0v) is 9.40. The number of nitrogens with zero attached hydrogens (tertiary/aromatic N) is 2. The molecule has 0 saturated carbocycles. The van der Waals surface area contributed by atoms with Crippen molar-refractivity contribution in [1.29, 1.82) is 0 Å². The molecule has 0 atom stereocenters. The molecule has 0 aliphatic heterocycles. The van der Waals surface area contributed by atoms with E-state index in [4.69, 9.17) is 15.2 Å². The summed E-state index contributed by atoms with van der Waals surface area (Å²) in [7, 11) is 1.48. The molecule has 6 nitrogen and oxygen atoms in total. The third kappa shape index (κ3) is 3.16. The molecule has 16 heavy (non-hydrogen) atoms. The fourth-order valence-electron chi connectivity index (χ4n) is 1.13. The van der Waals surface area contributed by atoms with Crippen LogP contribution >= 0.6 is 0 Å². The molecule has 0 aliphatic carbocycles. The highest BCUT2D eigenvalue weighted by molar-refractivity contribution is 5.87. The van der Waals surface area contributed by atoms with E-state index in [-0.39, 0.29) is 5.69 Å². The standard InChI is InChI=1S/C10H15N3O3/c1-3-16-10(14)7-6-9(15-2)13-8(12-7)4-5-11/h6H,3-5,11H2,1-2H3. The predicted octanol–water partition coefficient (Wildman–Crippen LogP) is 0.163. The highest BCUT2D eigenvalue weighted by atomic mass is 16.5. The topological polar surface area (TPSA) is 87.3 Å². The number of carbonyl (C=O) groups is 1. The van der Waals surface area contributed by atoms with E-state index in [1.807, 2.05) is 0 Å². The normalized spacial score (nSPS) is 9.94. The first-order valence-electron chi connectivity index (χ1n) is 5.00. The third-order valence-corrected chi connectivity index (χ3v) is 1.81. The van der Waals surface area contributed by atoms with Gasteiger partial charge in [-0.2, -0.15) is 4.98 Å². The lowest BCUT2D eigenvalue weighted by molar-refractivity contribution is 0.0518. The predicted molar refractivity (Wildman–Crippen MR) is 57.3 cm³/mol. The van der Waals surface area contributed by atoms with Crippen LogP contribution in [0, 0.1) is 0 Å². The van der Waals surface area contributed by atoms with Crippen molar-refractivity contribution in [1.82, 2.24) is 9.97 Å². The number of ether oxygens (including phenoxy) is 2. The molecule has 0 aromatic carbocycles. The van der Waals surface area contributed by atoms with Gasteiger partial charge in [-0.05, 0) is 13.5 Å². The lowest BCUT2D eigenvalue weighted by Gasteiger charge is -2.06. The minimum absolute atomic E-state index is 0.192. The maximum absolute atomic E-state index is 11.5. The van der Waals surface area contributed by atoms with E-state index in [9.17, 15) is 4.79 Å². The Morgan fingerprint density at radius 2 is 2.25 bits per heavy atom. The lowest BCUT2D eigenvalue weighted by Crippen LogP contribution is -2.13. The smallest absolute Gasteiger partial charge is 0.357 e. The Kier molecular flexibility index (Phi) is 4.65. The van der Waals surface area contributed by atoms with E-state index in [1.54, 1.807) is 6.92 Å². The molecule has 1 rings (SSSR count). The quantitative estimate of drug-likeness (QED) is 0.718. The molecule has 88 valence electrons. The Bertz CT molecular complexity index is 368. The highest BCUT2D eigenvalue weighted by Crippen LogP contribution is 2.10. The summed E-state index contributed by atoms with van der Waals surface area (Å²) in [6.45, 7) is 2.45. The monoisotopic (exact) mass is 225 g/mol. The van der Waals surface area contributed by atoms with Crippen LogP contribution in [0.3, 0.4) is 0 Å². The summed E-state index contributed by atoms with van der Waals surface area (Å²) in [4.78, 5) is 19.6. The average molecular weight is 225 g/mol. The first kappa shape index (κ1) is 12.4. The Balaban J connectivity index is 2.98. The average Bonchev–Trinajstić information content (AvgIpc) is 2.29. The summed E-state index contributed by atoms with van der Waals surface area (Å²) in [5.41, 5.74) is 5.59. The fourth-order valence-corrected chi connectivity index (χ4v) is 1.13. The molecule has 1 aromatic rings. The van der Waals surface area contributed by atoms with Crippen LogP contribution in [0.2, 0.25) is 0 Å². The first-order valence-corrected chi connectivity index (χ1v) is 5.00. The molecule has 1 heterocycles. The molecule has 0 spiro atoms. The summed E-state index contributed by atoms with van der Waals surface area (Å²) in [6.07, 6.45) is 0.490. The van der Waals surface area contributed by atoms with Crippen LogP contribution in [0.25, 0.3) is 0 Å². The molecule has 6 heteroatoms. The number of esters is 1. The maximum Gasteiger partial charge on any atom is 0.357 e. The van der Waals surface area contributed by atoms with Crippen molar-refractivity contribution in [3.05, 3.63) is 17.6 Å². The van der Waals surface area contributed by atoms with Crippen LogP contribution in [0.4, 0.5) is 0 Å². The summed E-state index contributed by atoms with van der Waals surface area (Å²) >= 11 is 0.